The van der Waals surface area contributed by atoms with Gasteiger partial charge in [-0.15, -0.1) is 0 Å². The Labute approximate surface area is 81.3 Å². The molecule has 0 radical (unpaired) electrons. The minimum Gasteiger partial charge on any atom is -0.313 e. The molecule has 0 saturated carbocycles. The van der Waals surface area contributed by atoms with Crippen LogP contribution in [0.4, 0.5) is 0 Å². The van der Waals surface area contributed by atoms with E-state index in [0.717, 1.165) is 36.9 Å². The summed E-state index contributed by atoms with van der Waals surface area (Å²) in [5, 5.41) is 7.22. The number of aldehydes is 1. The Balaban J connectivity index is 2.33. The van der Waals surface area contributed by atoms with Crippen molar-refractivity contribution in [1.29, 1.82) is 0 Å². The molecule has 68 valence electrons. The summed E-state index contributed by atoms with van der Waals surface area (Å²) in [6, 6.07) is 0. The molecule has 0 unspecified atom stereocenters. The smallest absolute Gasteiger partial charge is 0.151 e. The summed E-state index contributed by atoms with van der Waals surface area (Å²) in [5.41, 5.74) is 3.27. The van der Waals surface area contributed by atoms with Gasteiger partial charge in [0.15, 0.2) is 6.29 Å². The van der Waals surface area contributed by atoms with Gasteiger partial charge in [0.05, 0.1) is 0 Å². The minimum absolute atomic E-state index is 0.832. The highest BCUT2D eigenvalue weighted by molar-refractivity contribution is 7.08. The molecule has 1 aromatic heterocycles. The number of nitrogens with one attached hydrogen (secondary N) is 1. The third-order valence-electron chi connectivity index (χ3n) is 2.23. The van der Waals surface area contributed by atoms with E-state index in [9.17, 15) is 4.79 Å². The molecule has 0 saturated heterocycles. The predicted molar refractivity (Wildman–Crippen MR) is 55.2 cm³/mol. The van der Waals surface area contributed by atoms with Crippen molar-refractivity contribution in [2.24, 2.45) is 0 Å². The first-order chi connectivity index (χ1) is 6.42. The molecule has 1 aliphatic heterocycles. The van der Waals surface area contributed by atoms with Crippen molar-refractivity contribution in [3.8, 4) is 0 Å². The van der Waals surface area contributed by atoms with Gasteiger partial charge < -0.3 is 5.32 Å². The van der Waals surface area contributed by atoms with Crippen LogP contribution in [0.3, 0.4) is 0 Å². The second-order valence-electron chi connectivity index (χ2n) is 3.04. The van der Waals surface area contributed by atoms with Crippen LogP contribution in [0.25, 0.3) is 5.57 Å². The van der Waals surface area contributed by atoms with Crippen LogP contribution < -0.4 is 5.32 Å². The number of hydrogen-bond acceptors (Lipinski definition) is 3. The maximum atomic E-state index is 10.7. The van der Waals surface area contributed by atoms with Crippen molar-refractivity contribution in [3.63, 3.8) is 0 Å². The summed E-state index contributed by atoms with van der Waals surface area (Å²) in [7, 11) is 0. The van der Waals surface area contributed by atoms with E-state index in [2.05, 4.69) is 16.8 Å². The molecule has 0 bridgehead atoms. The van der Waals surface area contributed by atoms with Crippen LogP contribution in [0.2, 0.25) is 0 Å². The van der Waals surface area contributed by atoms with E-state index in [1.165, 1.54) is 5.57 Å². The van der Waals surface area contributed by atoms with E-state index in [4.69, 9.17) is 0 Å². The van der Waals surface area contributed by atoms with Gasteiger partial charge >= 0.3 is 0 Å². The largest absolute Gasteiger partial charge is 0.313 e. The fourth-order valence-corrected chi connectivity index (χ4v) is 2.35. The number of carbonyl (C=O) groups is 1. The van der Waals surface area contributed by atoms with Crippen molar-refractivity contribution in [1.82, 2.24) is 5.32 Å². The predicted octanol–water partition coefficient (Wildman–Crippen LogP) is 1.94. The Kier molecular flexibility index (Phi) is 2.57. The Bertz CT molecular complexity index is 340. The van der Waals surface area contributed by atoms with Crippen LogP contribution in [-0.2, 0) is 0 Å². The number of hydrogen-bond donors (Lipinski definition) is 1. The van der Waals surface area contributed by atoms with Crippen molar-refractivity contribution >= 4 is 23.2 Å². The van der Waals surface area contributed by atoms with Gasteiger partial charge in [-0.05, 0) is 29.5 Å². The van der Waals surface area contributed by atoms with Gasteiger partial charge in [0.1, 0.15) is 0 Å². The highest BCUT2D eigenvalue weighted by atomic mass is 32.1. The second-order valence-corrected chi connectivity index (χ2v) is 3.79. The summed E-state index contributed by atoms with van der Waals surface area (Å²) in [6.45, 7) is 1.93. The van der Waals surface area contributed by atoms with Crippen molar-refractivity contribution in [2.45, 2.75) is 6.42 Å². The van der Waals surface area contributed by atoms with Crippen molar-refractivity contribution in [3.05, 3.63) is 28.0 Å². The fraction of sp³-hybridized carbons (Fsp3) is 0.300. The number of rotatable bonds is 2. The lowest BCUT2D eigenvalue weighted by molar-refractivity contribution is 0.112. The van der Waals surface area contributed by atoms with Gasteiger partial charge in [-0.3, -0.25) is 4.79 Å². The summed E-state index contributed by atoms with van der Waals surface area (Å²) in [4.78, 5) is 10.7. The zero-order valence-electron chi connectivity index (χ0n) is 7.25. The third kappa shape index (κ3) is 1.71. The lowest BCUT2D eigenvalue weighted by Crippen LogP contribution is -2.20. The third-order valence-corrected chi connectivity index (χ3v) is 2.99. The van der Waals surface area contributed by atoms with Crippen LogP contribution >= 0.6 is 11.3 Å². The topological polar surface area (TPSA) is 29.1 Å². The van der Waals surface area contributed by atoms with E-state index in [1.807, 2.05) is 5.38 Å². The lowest BCUT2D eigenvalue weighted by Gasteiger charge is -2.13. The summed E-state index contributed by atoms with van der Waals surface area (Å²) in [5.74, 6) is 0. The molecule has 0 aromatic carbocycles. The van der Waals surface area contributed by atoms with Crippen molar-refractivity contribution in [2.75, 3.05) is 13.1 Å². The Morgan fingerprint density at radius 1 is 1.46 bits per heavy atom. The van der Waals surface area contributed by atoms with Gasteiger partial charge in [-0.2, -0.15) is 11.3 Å². The Hall–Kier alpha value is -0.930. The monoisotopic (exact) mass is 193 g/mol. The quantitative estimate of drug-likeness (QED) is 0.727. The van der Waals surface area contributed by atoms with E-state index in [-0.39, 0.29) is 0 Å². The average molecular weight is 193 g/mol. The van der Waals surface area contributed by atoms with Crippen LogP contribution in [-0.4, -0.2) is 19.4 Å². The van der Waals surface area contributed by atoms with Gasteiger partial charge in [-0.25, -0.2) is 0 Å². The Morgan fingerprint density at radius 2 is 2.38 bits per heavy atom. The highest BCUT2D eigenvalue weighted by Gasteiger charge is 2.10. The average Bonchev–Trinajstić information content (AvgIpc) is 2.67. The Morgan fingerprint density at radius 3 is 3.08 bits per heavy atom. The van der Waals surface area contributed by atoms with Crippen LogP contribution in [0.1, 0.15) is 22.3 Å². The van der Waals surface area contributed by atoms with E-state index in [1.54, 1.807) is 11.3 Å². The molecule has 1 aromatic rings. The molecule has 0 amide bonds. The first kappa shape index (κ1) is 8.66. The van der Waals surface area contributed by atoms with Gasteiger partial charge in [0, 0.05) is 17.5 Å². The standard InChI is InChI=1S/C10H11NOS/c12-5-9-6-13-7-10(9)8-1-3-11-4-2-8/h1,5-7,11H,2-4H2. The number of carbonyl (C=O) groups excluding carboxylic acids is 1. The number of thiophene rings is 1. The zero-order chi connectivity index (χ0) is 9.10. The van der Waals surface area contributed by atoms with E-state index < -0.39 is 0 Å². The summed E-state index contributed by atoms with van der Waals surface area (Å²) < 4.78 is 0. The summed E-state index contributed by atoms with van der Waals surface area (Å²) in [6.07, 6.45) is 4.13. The van der Waals surface area contributed by atoms with Crippen LogP contribution in [0.15, 0.2) is 16.8 Å². The fourth-order valence-electron chi connectivity index (χ4n) is 1.53. The zero-order valence-corrected chi connectivity index (χ0v) is 8.06. The second kappa shape index (κ2) is 3.85. The molecule has 3 heteroatoms. The summed E-state index contributed by atoms with van der Waals surface area (Å²) >= 11 is 1.59. The molecular formula is C10H11NOS. The normalized spacial score (nSPS) is 16.8. The molecule has 2 heterocycles. The maximum Gasteiger partial charge on any atom is 0.151 e. The SMILES string of the molecule is O=Cc1cscc1C1=CCNCC1. The lowest BCUT2D eigenvalue weighted by atomic mass is 10.0. The maximum absolute atomic E-state index is 10.7. The highest BCUT2D eigenvalue weighted by Crippen LogP contribution is 2.25. The first-order valence-electron chi connectivity index (χ1n) is 4.33. The first-order valence-corrected chi connectivity index (χ1v) is 5.27. The molecule has 1 aliphatic rings. The molecule has 1 N–H and O–H groups in total. The van der Waals surface area contributed by atoms with Gasteiger partial charge in [0.2, 0.25) is 0 Å². The van der Waals surface area contributed by atoms with E-state index in [0.29, 0.717) is 0 Å². The van der Waals surface area contributed by atoms with Crippen LogP contribution in [0, 0.1) is 0 Å². The molecule has 2 rings (SSSR count). The van der Waals surface area contributed by atoms with Crippen LogP contribution in [0.5, 0.6) is 0 Å². The van der Waals surface area contributed by atoms with E-state index >= 15 is 0 Å². The molecule has 0 atom stereocenters. The molecule has 0 spiro atoms. The molecule has 0 aliphatic carbocycles. The molecule has 2 nitrogen and oxygen atoms in total. The molecular weight excluding hydrogens is 182 g/mol. The van der Waals surface area contributed by atoms with Gasteiger partial charge in [-0.1, -0.05) is 6.08 Å². The van der Waals surface area contributed by atoms with Crippen molar-refractivity contribution < 1.29 is 4.79 Å². The minimum atomic E-state index is 0.832. The molecule has 0 fully saturated rings. The molecule has 13 heavy (non-hydrogen) atoms. The van der Waals surface area contributed by atoms with Gasteiger partial charge in [0.25, 0.3) is 0 Å².